The molecule has 1 aromatic rings. The Labute approximate surface area is 109 Å². The summed E-state index contributed by atoms with van der Waals surface area (Å²) in [4.78, 5) is 8.49. The number of aryl methyl sites for hydroxylation is 1. The highest BCUT2D eigenvalue weighted by Crippen LogP contribution is 2.01. The number of aromatic nitrogens is 1. The summed E-state index contributed by atoms with van der Waals surface area (Å²) in [7, 11) is 3.47. The molecule has 0 amide bonds. The number of guanidine groups is 1. The summed E-state index contributed by atoms with van der Waals surface area (Å²) < 4.78 is 4.99. The van der Waals surface area contributed by atoms with Gasteiger partial charge in [-0.1, -0.05) is 6.07 Å². The van der Waals surface area contributed by atoms with E-state index in [1.165, 1.54) is 5.56 Å². The van der Waals surface area contributed by atoms with Crippen LogP contribution in [0.15, 0.2) is 23.3 Å². The lowest BCUT2D eigenvalue weighted by Gasteiger charge is -2.12. The number of rotatable bonds is 6. The Morgan fingerprint density at radius 2 is 2.28 bits per heavy atom. The molecule has 18 heavy (non-hydrogen) atoms. The minimum absolute atomic E-state index is 0.677. The number of hydrogen-bond donors (Lipinski definition) is 2. The first-order chi connectivity index (χ1) is 8.77. The molecule has 0 saturated carbocycles. The lowest BCUT2D eigenvalue weighted by Crippen LogP contribution is -2.37. The summed E-state index contributed by atoms with van der Waals surface area (Å²) in [6, 6.07) is 4.00. The van der Waals surface area contributed by atoms with E-state index < -0.39 is 0 Å². The van der Waals surface area contributed by atoms with Gasteiger partial charge in [0.1, 0.15) is 0 Å². The van der Waals surface area contributed by atoms with Crippen LogP contribution in [0.3, 0.4) is 0 Å². The molecule has 0 aliphatic heterocycles. The highest BCUT2D eigenvalue weighted by Gasteiger charge is 2.00. The smallest absolute Gasteiger partial charge is 0.191 e. The summed E-state index contributed by atoms with van der Waals surface area (Å²) in [5, 5.41) is 6.46. The van der Waals surface area contributed by atoms with Gasteiger partial charge in [-0.2, -0.15) is 0 Å². The van der Waals surface area contributed by atoms with Gasteiger partial charge in [-0.3, -0.25) is 9.98 Å². The highest BCUT2D eigenvalue weighted by molar-refractivity contribution is 5.79. The molecule has 100 valence electrons. The molecule has 5 heteroatoms. The molecular weight excluding hydrogens is 228 g/mol. The lowest BCUT2D eigenvalue weighted by atomic mass is 10.2. The Bertz CT molecular complexity index is 379. The fourth-order valence-electron chi connectivity index (χ4n) is 1.51. The molecule has 5 nitrogen and oxygen atoms in total. The van der Waals surface area contributed by atoms with E-state index in [0.29, 0.717) is 6.54 Å². The van der Waals surface area contributed by atoms with Gasteiger partial charge in [0.15, 0.2) is 5.96 Å². The van der Waals surface area contributed by atoms with Crippen LogP contribution in [0.5, 0.6) is 0 Å². The zero-order chi connectivity index (χ0) is 13.2. The second-order valence-electron chi connectivity index (χ2n) is 3.97. The van der Waals surface area contributed by atoms with E-state index in [2.05, 4.69) is 33.6 Å². The van der Waals surface area contributed by atoms with Crippen LogP contribution in [0.4, 0.5) is 0 Å². The first-order valence-electron chi connectivity index (χ1n) is 6.12. The number of nitrogens with one attached hydrogen (secondary N) is 2. The van der Waals surface area contributed by atoms with Crippen molar-refractivity contribution in [1.29, 1.82) is 0 Å². The van der Waals surface area contributed by atoms with Crippen molar-refractivity contribution in [2.45, 2.75) is 19.9 Å². The first kappa shape index (κ1) is 14.4. The SMILES string of the molecule is CN=C(NCCCOC)NCc1ncccc1C. The number of hydrogen-bond acceptors (Lipinski definition) is 3. The maximum Gasteiger partial charge on any atom is 0.191 e. The fraction of sp³-hybridized carbons (Fsp3) is 0.538. The van der Waals surface area contributed by atoms with Crippen LogP contribution in [0, 0.1) is 6.92 Å². The van der Waals surface area contributed by atoms with E-state index in [0.717, 1.165) is 31.2 Å². The molecule has 1 aromatic heterocycles. The molecule has 0 aliphatic carbocycles. The van der Waals surface area contributed by atoms with E-state index in [9.17, 15) is 0 Å². The average molecular weight is 250 g/mol. The Morgan fingerprint density at radius 3 is 2.94 bits per heavy atom. The van der Waals surface area contributed by atoms with Gasteiger partial charge < -0.3 is 15.4 Å². The number of pyridine rings is 1. The molecule has 0 bridgehead atoms. The van der Waals surface area contributed by atoms with Crippen LogP contribution in [0.1, 0.15) is 17.7 Å². The van der Waals surface area contributed by atoms with Crippen LogP contribution < -0.4 is 10.6 Å². The van der Waals surface area contributed by atoms with Gasteiger partial charge in [0.25, 0.3) is 0 Å². The molecular formula is C13H22N4O. The van der Waals surface area contributed by atoms with Crippen LogP contribution in [0.25, 0.3) is 0 Å². The van der Waals surface area contributed by atoms with Gasteiger partial charge in [-0.05, 0) is 25.0 Å². The zero-order valence-electron chi connectivity index (χ0n) is 11.4. The Kier molecular flexibility index (Phi) is 6.79. The molecule has 1 heterocycles. The van der Waals surface area contributed by atoms with E-state index in [1.54, 1.807) is 20.4 Å². The van der Waals surface area contributed by atoms with Gasteiger partial charge in [-0.25, -0.2) is 0 Å². The van der Waals surface area contributed by atoms with Crippen molar-refractivity contribution in [2.24, 2.45) is 4.99 Å². The van der Waals surface area contributed by atoms with E-state index >= 15 is 0 Å². The van der Waals surface area contributed by atoms with E-state index in [4.69, 9.17) is 4.74 Å². The third kappa shape index (κ3) is 5.14. The van der Waals surface area contributed by atoms with Crippen molar-refractivity contribution < 1.29 is 4.74 Å². The molecule has 1 rings (SSSR count). The topological polar surface area (TPSA) is 58.5 Å². The first-order valence-corrected chi connectivity index (χ1v) is 6.12. The summed E-state index contributed by atoms with van der Waals surface area (Å²) in [5.74, 6) is 0.788. The second kappa shape index (κ2) is 8.47. The largest absolute Gasteiger partial charge is 0.385 e. The Morgan fingerprint density at radius 1 is 1.44 bits per heavy atom. The molecule has 0 unspecified atom stereocenters. The van der Waals surface area contributed by atoms with Crippen molar-refractivity contribution >= 4 is 5.96 Å². The standard InChI is InChI=1S/C13H22N4O/c1-11-6-4-7-15-12(11)10-17-13(14-2)16-8-5-9-18-3/h4,6-7H,5,8-10H2,1-3H3,(H2,14,16,17). The number of methoxy groups -OCH3 is 1. The lowest BCUT2D eigenvalue weighted by molar-refractivity contribution is 0.195. The summed E-state index contributed by atoms with van der Waals surface area (Å²) in [5.41, 5.74) is 2.22. The third-order valence-electron chi connectivity index (χ3n) is 2.58. The van der Waals surface area contributed by atoms with Crippen molar-refractivity contribution in [3.05, 3.63) is 29.6 Å². The minimum atomic E-state index is 0.677. The summed E-state index contributed by atoms with van der Waals surface area (Å²) in [6.07, 6.45) is 2.76. The zero-order valence-corrected chi connectivity index (χ0v) is 11.4. The van der Waals surface area contributed by atoms with Crippen LogP contribution in [-0.2, 0) is 11.3 Å². The van der Waals surface area contributed by atoms with Gasteiger partial charge >= 0.3 is 0 Å². The Hall–Kier alpha value is -1.62. The average Bonchev–Trinajstić information content (AvgIpc) is 2.40. The Balaban J connectivity index is 2.34. The van der Waals surface area contributed by atoms with Crippen molar-refractivity contribution in [1.82, 2.24) is 15.6 Å². The van der Waals surface area contributed by atoms with Crippen molar-refractivity contribution in [2.75, 3.05) is 27.3 Å². The van der Waals surface area contributed by atoms with Gasteiger partial charge in [-0.15, -0.1) is 0 Å². The maximum atomic E-state index is 4.99. The summed E-state index contributed by atoms with van der Waals surface area (Å²) >= 11 is 0. The number of nitrogens with zero attached hydrogens (tertiary/aromatic N) is 2. The maximum absolute atomic E-state index is 4.99. The van der Waals surface area contributed by atoms with Gasteiger partial charge in [0, 0.05) is 33.5 Å². The van der Waals surface area contributed by atoms with Crippen LogP contribution in [0.2, 0.25) is 0 Å². The van der Waals surface area contributed by atoms with E-state index in [-0.39, 0.29) is 0 Å². The number of aliphatic imine (C=N–C) groups is 1. The molecule has 2 N–H and O–H groups in total. The summed E-state index contributed by atoms with van der Waals surface area (Å²) in [6.45, 7) is 4.33. The van der Waals surface area contributed by atoms with Crippen molar-refractivity contribution in [3.63, 3.8) is 0 Å². The normalized spacial score (nSPS) is 11.4. The molecule has 0 saturated heterocycles. The fourth-order valence-corrected chi connectivity index (χ4v) is 1.51. The monoisotopic (exact) mass is 250 g/mol. The predicted molar refractivity (Wildman–Crippen MR) is 73.7 cm³/mol. The third-order valence-corrected chi connectivity index (χ3v) is 2.58. The molecule has 0 aliphatic rings. The molecule has 0 radical (unpaired) electrons. The predicted octanol–water partition coefficient (Wildman–Crippen LogP) is 1.09. The highest BCUT2D eigenvalue weighted by atomic mass is 16.5. The quantitative estimate of drug-likeness (QED) is 0.451. The van der Waals surface area contributed by atoms with Crippen molar-refractivity contribution in [3.8, 4) is 0 Å². The van der Waals surface area contributed by atoms with Crippen LogP contribution >= 0.6 is 0 Å². The van der Waals surface area contributed by atoms with Gasteiger partial charge in [0.2, 0.25) is 0 Å². The minimum Gasteiger partial charge on any atom is -0.385 e. The molecule has 0 spiro atoms. The second-order valence-corrected chi connectivity index (χ2v) is 3.97. The molecule has 0 aromatic carbocycles. The van der Waals surface area contributed by atoms with E-state index in [1.807, 2.05) is 6.07 Å². The molecule has 0 atom stereocenters. The molecule has 0 fully saturated rings. The van der Waals surface area contributed by atoms with Gasteiger partial charge in [0.05, 0.1) is 12.2 Å². The van der Waals surface area contributed by atoms with Crippen LogP contribution in [-0.4, -0.2) is 38.3 Å². The number of ether oxygens (including phenoxy) is 1.